The number of piperazine rings is 1. The minimum absolute atomic E-state index is 0.118. The summed E-state index contributed by atoms with van der Waals surface area (Å²) >= 11 is 0. The third-order valence-electron chi connectivity index (χ3n) is 13.2. The summed E-state index contributed by atoms with van der Waals surface area (Å²) < 4.78 is 0. The van der Waals surface area contributed by atoms with E-state index in [0.29, 0.717) is 36.1 Å². The largest absolute Gasteiger partial charge is 0.508 e. The molecule has 5 aliphatic rings. The highest BCUT2D eigenvalue weighted by atomic mass is 16.3. The van der Waals surface area contributed by atoms with E-state index in [4.69, 9.17) is 0 Å². The van der Waals surface area contributed by atoms with Gasteiger partial charge in [-0.05, 0) is 126 Å². The Morgan fingerprint density at radius 2 is 1.44 bits per heavy atom. The average Bonchev–Trinajstić information content (AvgIpc) is 3.53. The predicted molar refractivity (Wildman–Crippen MR) is 210 cm³/mol. The van der Waals surface area contributed by atoms with E-state index in [9.17, 15) is 19.5 Å². The molecule has 8 heteroatoms. The van der Waals surface area contributed by atoms with E-state index in [2.05, 4.69) is 87.9 Å². The van der Waals surface area contributed by atoms with Gasteiger partial charge in [0.05, 0.1) is 0 Å². The Morgan fingerprint density at radius 3 is 2.20 bits per heavy atom. The zero-order valence-electron chi connectivity index (χ0n) is 31.0. The molecule has 54 heavy (non-hydrogen) atoms. The molecule has 0 aromatic heterocycles. The molecule has 3 atom stereocenters. The number of nitrogens with one attached hydrogen (secondary N) is 1. The van der Waals surface area contributed by atoms with E-state index in [1.165, 1.54) is 53.5 Å². The first-order chi connectivity index (χ1) is 26.4. The summed E-state index contributed by atoms with van der Waals surface area (Å²) in [6.45, 7) is 5.57. The standard InChI is InChI=1S/C46H50N4O4/c51-38-16-19-40-35(27-38)14-17-39(33-4-2-1-3-5-33)44(40)34-12-10-32(11-13-34)31-8-6-30(7-9-31)28-48-22-24-49(25-23-48)37-15-18-41-36(26-37)29-50(46(41)54)42-20-21-43(52)47-45(42)53/h1-5,10-13,15-16,18-19,26-27,30-31,39,42,44,51H,6-9,14,17,20-25,28-29H2,(H,47,52,53)/t30?,31?,39-,42?,44+/m1/s1. The molecule has 0 radical (unpaired) electrons. The number of aryl methyl sites for hydroxylation is 1. The quantitative estimate of drug-likeness (QED) is 0.198. The monoisotopic (exact) mass is 722 g/mol. The number of phenols is 1. The molecular weight excluding hydrogens is 673 g/mol. The van der Waals surface area contributed by atoms with Crippen LogP contribution in [-0.4, -0.2) is 71.4 Å². The van der Waals surface area contributed by atoms with Crippen molar-refractivity contribution in [3.63, 3.8) is 0 Å². The number of carbonyl (C=O) groups excluding carboxylic acids is 3. The maximum Gasteiger partial charge on any atom is 0.255 e. The molecule has 3 heterocycles. The third kappa shape index (κ3) is 6.81. The zero-order valence-corrected chi connectivity index (χ0v) is 31.0. The molecule has 8 nitrogen and oxygen atoms in total. The number of benzene rings is 4. The Morgan fingerprint density at radius 1 is 0.685 bits per heavy atom. The highest BCUT2D eigenvalue weighted by Crippen LogP contribution is 2.47. The van der Waals surface area contributed by atoms with Crippen molar-refractivity contribution in [2.75, 3.05) is 37.6 Å². The van der Waals surface area contributed by atoms with E-state index in [-0.39, 0.29) is 30.1 Å². The lowest BCUT2D eigenvalue weighted by atomic mass is 9.69. The van der Waals surface area contributed by atoms with Gasteiger partial charge in [-0.15, -0.1) is 0 Å². The molecule has 4 aromatic rings. The van der Waals surface area contributed by atoms with Crippen LogP contribution < -0.4 is 10.2 Å². The van der Waals surface area contributed by atoms with Crippen molar-refractivity contribution in [1.29, 1.82) is 0 Å². The number of amides is 3. The van der Waals surface area contributed by atoms with Crippen molar-refractivity contribution in [1.82, 2.24) is 15.1 Å². The number of carbonyl (C=O) groups is 3. The first-order valence-corrected chi connectivity index (χ1v) is 20.1. The van der Waals surface area contributed by atoms with Crippen LogP contribution in [0.3, 0.4) is 0 Å². The van der Waals surface area contributed by atoms with Gasteiger partial charge in [0.15, 0.2) is 0 Å². The summed E-state index contributed by atoms with van der Waals surface area (Å²) in [6, 6.07) is 32.0. The molecule has 0 spiro atoms. The molecule has 1 saturated carbocycles. The van der Waals surface area contributed by atoms with Crippen molar-refractivity contribution in [2.45, 2.75) is 81.7 Å². The number of hydrogen-bond donors (Lipinski definition) is 2. The Kier molecular flexibility index (Phi) is 9.48. The summed E-state index contributed by atoms with van der Waals surface area (Å²) in [5, 5.41) is 12.6. The molecule has 3 fully saturated rings. The van der Waals surface area contributed by atoms with Gasteiger partial charge in [0.25, 0.3) is 5.91 Å². The smallest absolute Gasteiger partial charge is 0.255 e. The molecule has 0 bridgehead atoms. The summed E-state index contributed by atoms with van der Waals surface area (Å²) in [5.41, 5.74) is 9.64. The van der Waals surface area contributed by atoms with Crippen LogP contribution in [0.2, 0.25) is 0 Å². The van der Waals surface area contributed by atoms with Crippen LogP contribution >= 0.6 is 0 Å². The van der Waals surface area contributed by atoms with Gasteiger partial charge in [0.2, 0.25) is 11.8 Å². The van der Waals surface area contributed by atoms with Crippen LogP contribution in [-0.2, 0) is 22.6 Å². The van der Waals surface area contributed by atoms with Gasteiger partial charge < -0.3 is 14.9 Å². The molecular formula is C46H50N4O4. The average molecular weight is 723 g/mol. The topological polar surface area (TPSA) is 93.2 Å². The number of nitrogens with zero attached hydrogens (tertiary/aromatic N) is 3. The lowest BCUT2D eigenvalue weighted by Crippen LogP contribution is -2.52. The minimum atomic E-state index is -0.582. The number of rotatable bonds is 7. The van der Waals surface area contributed by atoms with Crippen molar-refractivity contribution in [3.05, 3.63) is 130 Å². The van der Waals surface area contributed by atoms with Crippen LogP contribution in [0.5, 0.6) is 5.75 Å². The fraction of sp³-hybridized carbons (Fsp3) is 0.413. The SMILES string of the molecule is O=C1CCC(N2Cc3cc(N4CCN(CC5CCC(c6ccc([C@@H]7c8ccc(O)cc8CC[C@@H]7c7ccccc7)cc6)CC5)CC4)ccc3C2=O)C(=O)N1. The van der Waals surface area contributed by atoms with Gasteiger partial charge in [-0.2, -0.15) is 0 Å². The predicted octanol–water partition coefficient (Wildman–Crippen LogP) is 7.11. The lowest BCUT2D eigenvalue weighted by molar-refractivity contribution is -0.136. The number of aromatic hydroxyl groups is 1. The van der Waals surface area contributed by atoms with E-state index < -0.39 is 6.04 Å². The van der Waals surface area contributed by atoms with Crippen LogP contribution in [0.25, 0.3) is 0 Å². The highest BCUT2D eigenvalue weighted by molar-refractivity contribution is 6.05. The fourth-order valence-electron chi connectivity index (χ4n) is 10.2. The summed E-state index contributed by atoms with van der Waals surface area (Å²) in [5.74, 6) is 1.66. The summed E-state index contributed by atoms with van der Waals surface area (Å²) in [7, 11) is 0. The molecule has 278 valence electrons. The zero-order chi connectivity index (χ0) is 36.8. The second-order valence-electron chi connectivity index (χ2n) is 16.3. The van der Waals surface area contributed by atoms with Crippen LogP contribution in [0.1, 0.15) is 106 Å². The number of piperidine rings is 1. The summed E-state index contributed by atoms with van der Waals surface area (Å²) in [6.07, 6.45) is 7.74. The van der Waals surface area contributed by atoms with Crippen molar-refractivity contribution in [2.24, 2.45) is 5.92 Å². The van der Waals surface area contributed by atoms with Gasteiger partial charge in [0, 0.05) is 62.9 Å². The van der Waals surface area contributed by atoms with Crippen molar-refractivity contribution < 1.29 is 19.5 Å². The number of imide groups is 1. The van der Waals surface area contributed by atoms with Gasteiger partial charge >= 0.3 is 0 Å². The third-order valence-corrected chi connectivity index (χ3v) is 13.2. The molecule has 3 aliphatic heterocycles. The van der Waals surface area contributed by atoms with Crippen molar-refractivity contribution >= 4 is 23.4 Å². The first kappa shape index (κ1) is 34.8. The Labute approximate surface area is 318 Å². The molecule has 4 aromatic carbocycles. The molecule has 3 amide bonds. The second kappa shape index (κ2) is 14.7. The minimum Gasteiger partial charge on any atom is -0.508 e. The maximum atomic E-state index is 13.2. The van der Waals surface area contributed by atoms with Gasteiger partial charge in [-0.25, -0.2) is 0 Å². The fourth-order valence-corrected chi connectivity index (χ4v) is 10.2. The maximum absolute atomic E-state index is 13.2. The van der Waals surface area contributed by atoms with Crippen molar-refractivity contribution in [3.8, 4) is 5.75 Å². The number of phenolic OH excluding ortho intramolecular Hbond substituents is 1. The summed E-state index contributed by atoms with van der Waals surface area (Å²) in [4.78, 5) is 43.9. The molecule has 2 N–H and O–H groups in total. The Hall–Kier alpha value is -4.95. The van der Waals surface area contributed by atoms with Gasteiger partial charge in [-0.1, -0.05) is 60.7 Å². The number of anilines is 1. The number of fused-ring (bicyclic) bond motifs is 2. The number of hydrogen-bond acceptors (Lipinski definition) is 6. The highest BCUT2D eigenvalue weighted by Gasteiger charge is 2.39. The normalized spacial score (nSPS) is 26.0. The Bertz CT molecular complexity index is 2030. The van der Waals surface area contributed by atoms with E-state index in [0.717, 1.165) is 62.7 Å². The van der Waals surface area contributed by atoms with E-state index in [1.54, 1.807) is 4.90 Å². The van der Waals surface area contributed by atoms with Gasteiger partial charge in [0.1, 0.15) is 11.8 Å². The molecule has 9 rings (SSSR count). The second-order valence-corrected chi connectivity index (χ2v) is 16.3. The van der Waals surface area contributed by atoms with Gasteiger partial charge in [-0.3, -0.25) is 24.6 Å². The first-order valence-electron chi connectivity index (χ1n) is 20.1. The van der Waals surface area contributed by atoms with Crippen LogP contribution in [0.15, 0.2) is 91.0 Å². The molecule has 2 aliphatic carbocycles. The molecule has 2 saturated heterocycles. The van der Waals surface area contributed by atoms with E-state index in [1.807, 2.05) is 18.2 Å². The van der Waals surface area contributed by atoms with Crippen LogP contribution in [0, 0.1) is 5.92 Å². The van der Waals surface area contributed by atoms with E-state index >= 15 is 0 Å². The Balaban J connectivity index is 0.780. The molecule has 1 unspecified atom stereocenters. The van der Waals surface area contributed by atoms with Crippen LogP contribution in [0.4, 0.5) is 5.69 Å². The lowest BCUT2D eigenvalue weighted by Gasteiger charge is -2.39.